The minimum atomic E-state index is 0.181. The Kier molecular flexibility index (Phi) is 3.96. The van der Waals surface area contributed by atoms with Crippen LogP contribution in [0.15, 0.2) is 0 Å². The van der Waals surface area contributed by atoms with Crippen LogP contribution in [0.5, 0.6) is 0 Å². The first kappa shape index (κ1) is 12.4. The van der Waals surface area contributed by atoms with E-state index in [0.29, 0.717) is 5.41 Å². The second-order valence-electron chi connectivity index (χ2n) is 6.31. The van der Waals surface area contributed by atoms with Crippen LogP contribution in [0.3, 0.4) is 0 Å². The van der Waals surface area contributed by atoms with E-state index in [0.717, 1.165) is 5.92 Å². The molecule has 0 atom stereocenters. The summed E-state index contributed by atoms with van der Waals surface area (Å²) in [6.07, 6.45) is 8.46. The van der Waals surface area contributed by atoms with E-state index in [2.05, 4.69) is 40.3 Å². The molecule has 1 rings (SSSR count). The molecule has 0 spiro atoms. The lowest BCUT2D eigenvalue weighted by Gasteiger charge is -2.40. The second kappa shape index (κ2) is 4.47. The molecule has 0 nitrogen and oxygen atoms in total. The first-order valence-electron chi connectivity index (χ1n) is 6.04. The summed E-state index contributed by atoms with van der Waals surface area (Å²) in [4.78, 5) is 0. The van der Waals surface area contributed by atoms with Gasteiger partial charge in [0.1, 0.15) is 0 Å². The maximum absolute atomic E-state index is 4.67. The summed E-state index contributed by atoms with van der Waals surface area (Å²) in [7, 11) is 0. The summed E-state index contributed by atoms with van der Waals surface area (Å²) < 4.78 is 0.181. The van der Waals surface area contributed by atoms with Gasteiger partial charge in [0.25, 0.3) is 0 Å². The highest BCUT2D eigenvalue weighted by molar-refractivity contribution is 7.81. The van der Waals surface area contributed by atoms with E-state index in [9.17, 15) is 0 Å². The molecule has 0 saturated heterocycles. The van der Waals surface area contributed by atoms with Crippen LogP contribution in [-0.4, -0.2) is 4.75 Å². The lowest BCUT2D eigenvalue weighted by Crippen LogP contribution is -2.32. The first-order valence-corrected chi connectivity index (χ1v) is 6.48. The predicted molar refractivity (Wildman–Crippen MR) is 68.0 cm³/mol. The predicted octanol–water partition coefficient (Wildman–Crippen LogP) is 4.69. The largest absolute Gasteiger partial charge is 0.173 e. The molecular formula is C13H26S. The van der Waals surface area contributed by atoms with E-state index in [-0.39, 0.29) is 4.75 Å². The molecule has 84 valence electrons. The van der Waals surface area contributed by atoms with Gasteiger partial charge in [-0.1, -0.05) is 47.0 Å². The van der Waals surface area contributed by atoms with Gasteiger partial charge in [-0.3, -0.25) is 0 Å². The summed E-state index contributed by atoms with van der Waals surface area (Å²) in [5.41, 5.74) is 0.478. The van der Waals surface area contributed by atoms with Crippen LogP contribution in [0, 0.1) is 11.3 Å². The topological polar surface area (TPSA) is 0 Å². The third kappa shape index (κ3) is 3.84. The lowest BCUT2D eigenvalue weighted by molar-refractivity contribution is 0.135. The quantitative estimate of drug-likeness (QED) is 0.647. The minimum absolute atomic E-state index is 0.181. The summed E-state index contributed by atoms with van der Waals surface area (Å²) in [6, 6.07) is 0. The van der Waals surface area contributed by atoms with Gasteiger partial charge in [-0.05, 0) is 30.6 Å². The van der Waals surface area contributed by atoms with Crippen molar-refractivity contribution in [2.45, 2.75) is 71.0 Å². The Bertz CT molecular complexity index is 170. The Morgan fingerprint density at radius 2 is 1.50 bits per heavy atom. The van der Waals surface area contributed by atoms with Crippen molar-refractivity contribution in [3.63, 3.8) is 0 Å². The average Bonchev–Trinajstić information content (AvgIpc) is 2.01. The van der Waals surface area contributed by atoms with Gasteiger partial charge in [0, 0.05) is 4.75 Å². The van der Waals surface area contributed by atoms with Crippen molar-refractivity contribution in [1.82, 2.24) is 0 Å². The van der Waals surface area contributed by atoms with Crippen LogP contribution in [0.2, 0.25) is 0 Å². The summed E-state index contributed by atoms with van der Waals surface area (Å²) in [5.74, 6) is 0.933. The molecule has 14 heavy (non-hydrogen) atoms. The van der Waals surface area contributed by atoms with Crippen LogP contribution >= 0.6 is 12.6 Å². The third-order valence-electron chi connectivity index (χ3n) is 3.60. The van der Waals surface area contributed by atoms with Gasteiger partial charge in [-0.15, -0.1) is 0 Å². The first-order chi connectivity index (χ1) is 6.31. The number of rotatable bonds is 3. The highest BCUT2D eigenvalue weighted by Gasteiger charge is 2.34. The second-order valence-corrected chi connectivity index (χ2v) is 7.52. The molecule has 0 aromatic carbocycles. The smallest absolute Gasteiger partial charge is 0.00783 e. The summed E-state index contributed by atoms with van der Waals surface area (Å²) in [5, 5.41) is 0. The molecule has 0 aliphatic heterocycles. The molecule has 0 bridgehead atoms. The zero-order chi connectivity index (χ0) is 10.8. The third-order valence-corrected chi connectivity index (χ3v) is 3.76. The lowest BCUT2D eigenvalue weighted by atomic mass is 9.67. The number of hydrogen-bond acceptors (Lipinski definition) is 1. The van der Waals surface area contributed by atoms with E-state index in [1.165, 1.54) is 38.5 Å². The summed E-state index contributed by atoms with van der Waals surface area (Å²) in [6.45, 7) is 9.34. The van der Waals surface area contributed by atoms with E-state index in [1.54, 1.807) is 0 Å². The standard InChI is InChI=1S/C13H26S/c1-12(2,10-13(3,4)14)11-8-6-5-7-9-11/h11,14H,5-10H2,1-4H3. The Morgan fingerprint density at radius 3 is 1.93 bits per heavy atom. The Balaban J connectivity index is 2.54. The average molecular weight is 214 g/mol. The fourth-order valence-corrected chi connectivity index (χ4v) is 3.55. The molecule has 0 radical (unpaired) electrons. The van der Waals surface area contributed by atoms with Crippen LogP contribution < -0.4 is 0 Å². The van der Waals surface area contributed by atoms with Gasteiger partial charge >= 0.3 is 0 Å². The molecule has 1 aliphatic rings. The minimum Gasteiger partial charge on any atom is -0.173 e. The van der Waals surface area contributed by atoms with Gasteiger partial charge in [-0.25, -0.2) is 0 Å². The molecule has 0 heterocycles. The van der Waals surface area contributed by atoms with Crippen molar-refractivity contribution < 1.29 is 0 Å². The molecule has 0 aromatic rings. The van der Waals surface area contributed by atoms with Crippen molar-refractivity contribution >= 4 is 12.6 Å². The van der Waals surface area contributed by atoms with E-state index in [4.69, 9.17) is 0 Å². The van der Waals surface area contributed by atoms with Crippen LogP contribution in [-0.2, 0) is 0 Å². The van der Waals surface area contributed by atoms with Gasteiger partial charge in [0.05, 0.1) is 0 Å². The Morgan fingerprint density at radius 1 is 1.00 bits per heavy atom. The van der Waals surface area contributed by atoms with E-state index < -0.39 is 0 Å². The van der Waals surface area contributed by atoms with E-state index in [1.807, 2.05) is 0 Å². The molecule has 0 amide bonds. The molecule has 0 N–H and O–H groups in total. The van der Waals surface area contributed by atoms with Gasteiger partial charge < -0.3 is 0 Å². The monoisotopic (exact) mass is 214 g/mol. The number of thiol groups is 1. The maximum Gasteiger partial charge on any atom is 0.00783 e. The van der Waals surface area contributed by atoms with Gasteiger partial charge in [0.15, 0.2) is 0 Å². The normalized spacial score (nSPS) is 21.2. The molecule has 0 aromatic heterocycles. The highest BCUT2D eigenvalue weighted by atomic mass is 32.1. The molecule has 1 heteroatoms. The van der Waals surface area contributed by atoms with Crippen molar-refractivity contribution in [3.8, 4) is 0 Å². The zero-order valence-electron chi connectivity index (χ0n) is 10.3. The fourth-order valence-electron chi connectivity index (χ4n) is 3.14. The van der Waals surface area contributed by atoms with Crippen molar-refractivity contribution in [1.29, 1.82) is 0 Å². The SMILES string of the molecule is CC(C)(S)CC(C)(C)C1CCCCC1. The molecule has 1 saturated carbocycles. The van der Waals surface area contributed by atoms with Crippen LogP contribution in [0.4, 0.5) is 0 Å². The van der Waals surface area contributed by atoms with Crippen LogP contribution in [0.25, 0.3) is 0 Å². The Hall–Kier alpha value is 0.350. The van der Waals surface area contributed by atoms with Gasteiger partial charge in [0.2, 0.25) is 0 Å². The van der Waals surface area contributed by atoms with E-state index >= 15 is 0 Å². The Labute approximate surface area is 95.3 Å². The molecule has 1 fully saturated rings. The maximum atomic E-state index is 4.67. The van der Waals surface area contributed by atoms with Crippen molar-refractivity contribution in [3.05, 3.63) is 0 Å². The molecule has 0 unspecified atom stereocenters. The fraction of sp³-hybridized carbons (Fsp3) is 1.00. The number of hydrogen-bond donors (Lipinski definition) is 1. The van der Waals surface area contributed by atoms with Crippen molar-refractivity contribution in [2.24, 2.45) is 11.3 Å². The van der Waals surface area contributed by atoms with Gasteiger partial charge in [-0.2, -0.15) is 12.6 Å². The molecular weight excluding hydrogens is 188 g/mol. The highest BCUT2D eigenvalue weighted by Crippen LogP contribution is 2.44. The summed E-state index contributed by atoms with van der Waals surface area (Å²) >= 11 is 4.67. The van der Waals surface area contributed by atoms with Crippen LogP contribution in [0.1, 0.15) is 66.2 Å². The zero-order valence-corrected chi connectivity index (χ0v) is 11.2. The van der Waals surface area contributed by atoms with Crippen molar-refractivity contribution in [2.75, 3.05) is 0 Å². The molecule has 1 aliphatic carbocycles.